The second-order valence-electron chi connectivity index (χ2n) is 4.49. The van der Waals surface area contributed by atoms with E-state index in [1.807, 2.05) is 31.2 Å². The average Bonchev–Trinajstić information content (AvgIpc) is 2.50. The summed E-state index contributed by atoms with van der Waals surface area (Å²) in [5.74, 6) is 0.482. The monoisotopic (exact) mass is 285 g/mol. The summed E-state index contributed by atoms with van der Waals surface area (Å²) in [7, 11) is 0. The molecule has 3 nitrogen and oxygen atoms in total. The maximum atomic E-state index is 13.8. The molecule has 2 aromatic carbocycles. The molecule has 21 heavy (non-hydrogen) atoms. The van der Waals surface area contributed by atoms with Crippen LogP contribution in [-0.4, -0.2) is 12.7 Å². The third-order valence-corrected chi connectivity index (χ3v) is 2.91. The molecule has 4 heteroatoms. The van der Waals surface area contributed by atoms with E-state index in [9.17, 15) is 4.39 Å². The molecule has 0 fully saturated rings. The largest absolute Gasteiger partial charge is 0.491 e. The van der Waals surface area contributed by atoms with Crippen molar-refractivity contribution in [2.24, 2.45) is 0 Å². The molecule has 0 bridgehead atoms. The van der Waals surface area contributed by atoms with Crippen molar-refractivity contribution < 1.29 is 13.9 Å². The lowest BCUT2D eigenvalue weighted by Gasteiger charge is -2.09. The molecule has 0 amide bonds. The summed E-state index contributed by atoms with van der Waals surface area (Å²) in [4.78, 5) is 0. The first-order valence-corrected chi connectivity index (χ1v) is 6.73. The van der Waals surface area contributed by atoms with Crippen LogP contribution in [0.4, 0.5) is 4.39 Å². The van der Waals surface area contributed by atoms with E-state index in [2.05, 4.69) is 0 Å². The zero-order valence-electron chi connectivity index (χ0n) is 12.0. The van der Waals surface area contributed by atoms with E-state index in [1.165, 1.54) is 6.07 Å². The summed E-state index contributed by atoms with van der Waals surface area (Å²) >= 11 is 0. The van der Waals surface area contributed by atoms with Gasteiger partial charge in [0, 0.05) is 0 Å². The normalized spacial score (nSPS) is 11.5. The van der Waals surface area contributed by atoms with Crippen molar-refractivity contribution in [3.05, 3.63) is 48.3 Å². The summed E-state index contributed by atoms with van der Waals surface area (Å²) in [5, 5.41) is 8.70. The van der Waals surface area contributed by atoms with Gasteiger partial charge in [-0.15, -0.1) is 0 Å². The Balaban J connectivity index is 2.19. The number of hydrogen-bond donors (Lipinski definition) is 0. The quantitative estimate of drug-likeness (QED) is 0.827. The standard InChI is InChI=1S/C17H16FNO2/c1-3-20-17-9-6-14(10-16(17)18)13-4-7-15(8-5-13)21-12(2)11-19/h4-10,12H,3H2,1-2H3. The molecule has 0 heterocycles. The first-order chi connectivity index (χ1) is 10.1. The van der Waals surface area contributed by atoms with Gasteiger partial charge < -0.3 is 9.47 Å². The number of rotatable bonds is 5. The van der Waals surface area contributed by atoms with Crippen LogP contribution in [0.25, 0.3) is 11.1 Å². The van der Waals surface area contributed by atoms with Crippen LogP contribution in [-0.2, 0) is 0 Å². The molecule has 0 aliphatic rings. The smallest absolute Gasteiger partial charge is 0.181 e. The minimum atomic E-state index is -0.501. The van der Waals surface area contributed by atoms with E-state index in [1.54, 1.807) is 25.1 Å². The lowest BCUT2D eigenvalue weighted by Crippen LogP contribution is -2.07. The fourth-order valence-electron chi connectivity index (χ4n) is 1.91. The number of ether oxygens (including phenoxy) is 2. The van der Waals surface area contributed by atoms with E-state index < -0.39 is 6.10 Å². The van der Waals surface area contributed by atoms with Crippen LogP contribution in [0.2, 0.25) is 0 Å². The Morgan fingerprint density at radius 3 is 2.38 bits per heavy atom. The molecule has 108 valence electrons. The van der Waals surface area contributed by atoms with Crippen molar-refractivity contribution in [1.82, 2.24) is 0 Å². The highest BCUT2D eigenvalue weighted by molar-refractivity contribution is 5.65. The lowest BCUT2D eigenvalue weighted by atomic mass is 10.1. The van der Waals surface area contributed by atoms with Crippen LogP contribution < -0.4 is 9.47 Å². The van der Waals surface area contributed by atoms with Gasteiger partial charge in [0.15, 0.2) is 17.7 Å². The van der Waals surface area contributed by atoms with Gasteiger partial charge >= 0.3 is 0 Å². The van der Waals surface area contributed by atoms with E-state index >= 15 is 0 Å². The number of halogens is 1. The predicted octanol–water partition coefficient (Wildman–Crippen LogP) is 4.18. The predicted molar refractivity (Wildman–Crippen MR) is 78.7 cm³/mol. The Morgan fingerprint density at radius 2 is 1.81 bits per heavy atom. The topological polar surface area (TPSA) is 42.2 Å². The zero-order valence-corrected chi connectivity index (χ0v) is 12.0. The highest BCUT2D eigenvalue weighted by atomic mass is 19.1. The van der Waals surface area contributed by atoms with Crippen LogP contribution >= 0.6 is 0 Å². The molecule has 1 atom stereocenters. The molecule has 0 N–H and O–H groups in total. The van der Waals surface area contributed by atoms with Gasteiger partial charge in [0.05, 0.1) is 6.61 Å². The van der Waals surface area contributed by atoms with Gasteiger partial charge in [0.1, 0.15) is 11.8 Å². The van der Waals surface area contributed by atoms with Gasteiger partial charge in [-0.1, -0.05) is 18.2 Å². The van der Waals surface area contributed by atoms with E-state index in [-0.39, 0.29) is 11.6 Å². The summed E-state index contributed by atoms with van der Waals surface area (Å²) in [6, 6.07) is 14.1. The van der Waals surface area contributed by atoms with Crippen molar-refractivity contribution >= 4 is 0 Å². The molecular weight excluding hydrogens is 269 g/mol. The number of hydrogen-bond acceptors (Lipinski definition) is 3. The van der Waals surface area contributed by atoms with Crippen molar-refractivity contribution in [3.63, 3.8) is 0 Å². The lowest BCUT2D eigenvalue weighted by molar-refractivity contribution is 0.276. The van der Waals surface area contributed by atoms with Crippen LogP contribution in [0.5, 0.6) is 11.5 Å². The molecule has 0 radical (unpaired) electrons. The fraction of sp³-hybridized carbons (Fsp3) is 0.235. The highest BCUT2D eigenvalue weighted by Crippen LogP contribution is 2.27. The minimum absolute atomic E-state index is 0.254. The number of benzene rings is 2. The number of nitriles is 1. The highest BCUT2D eigenvalue weighted by Gasteiger charge is 2.07. The molecule has 0 spiro atoms. The minimum Gasteiger partial charge on any atom is -0.491 e. The van der Waals surface area contributed by atoms with Gasteiger partial charge in [-0.25, -0.2) is 4.39 Å². The molecule has 0 saturated carbocycles. The van der Waals surface area contributed by atoms with Crippen molar-refractivity contribution in [2.75, 3.05) is 6.61 Å². The van der Waals surface area contributed by atoms with E-state index in [0.717, 1.165) is 11.1 Å². The molecule has 2 aromatic rings. The average molecular weight is 285 g/mol. The molecule has 0 aliphatic carbocycles. The van der Waals surface area contributed by atoms with Gasteiger partial charge in [0.2, 0.25) is 0 Å². The Hall–Kier alpha value is -2.54. The summed E-state index contributed by atoms with van der Waals surface area (Å²) in [6.45, 7) is 3.92. The van der Waals surface area contributed by atoms with E-state index in [4.69, 9.17) is 14.7 Å². The van der Waals surface area contributed by atoms with Gasteiger partial charge in [-0.2, -0.15) is 5.26 Å². The summed E-state index contributed by atoms with van der Waals surface area (Å²) < 4.78 is 24.4. The Kier molecular flexibility index (Phi) is 4.78. The maximum absolute atomic E-state index is 13.8. The van der Waals surface area contributed by atoms with Crippen molar-refractivity contribution in [1.29, 1.82) is 5.26 Å². The first-order valence-electron chi connectivity index (χ1n) is 6.73. The third kappa shape index (κ3) is 3.73. The Bertz CT molecular complexity index is 647. The summed E-state index contributed by atoms with van der Waals surface area (Å²) in [6.07, 6.45) is -0.501. The molecule has 0 aliphatic heterocycles. The fourth-order valence-corrected chi connectivity index (χ4v) is 1.91. The van der Waals surface area contributed by atoms with E-state index in [0.29, 0.717) is 12.4 Å². The molecule has 1 unspecified atom stereocenters. The van der Waals surface area contributed by atoms with Crippen LogP contribution in [0, 0.1) is 17.1 Å². The molecule has 0 aromatic heterocycles. The van der Waals surface area contributed by atoms with Gasteiger partial charge in [0.25, 0.3) is 0 Å². The third-order valence-electron chi connectivity index (χ3n) is 2.91. The van der Waals surface area contributed by atoms with Crippen molar-refractivity contribution in [3.8, 4) is 28.7 Å². The van der Waals surface area contributed by atoms with Crippen LogP contribution in [0.1, 0.15) is 13.8 Å². The van der Waals surface area contributed by atoms with Gasteiger partial charge in [-0.05, 0) is 49.2 Å². The summed E-state index contributed by atoms with van der Waals surface area (Å²) in [5.41, 5.74) is 1.63. The van der Waals surface area contributed by atoms with Crippen LogP contribution in [0.3, 0.4) is 0 Å². The van der Waals surface area contributed by atoms with Crippen LogP contribution in [0.15, 0.2) is 42.5 Å². The van der Waals surface area contributed by atoms with Gasteiger partial charge in [-0.3, -0.25) is 0 Å². The Morgan fingerprint density at radius 1 is 1.14 bits per heavy atom. The first kappa shape index (κ1) is 14.9. The maximum Gasteiger partial charge on any atom is 0.181 e. The second kappa shape index (κ2) is 6.76. The van der Waals surface area contributed by atoms with Crippen molar-refractivity contribution in [2.45, 2.75) is 20.0 Å². The molecule has 0 saturated heterocycles. The second-order valence-corrected chi connectivity index (χ2v) is 4.49. The molecule has 2 rings (SSSR count). The number of nitrogens with zero attached hydrogens (tertiary/aromatic N) is 1. The molecular formula is C17H16FNO2. The Labute approximate surface area is 123 Å². The zero-order chi connectivity index (χ0) is 15.2. The SMILES string of the molecule is CCOc1ccc(-c2ccc(OC(C)C#N)cc2)cc1F.